The van der Waals surface area contributed by atoms with Gasteiger partial charge in [0.25, 0.3) is 0 Å². The van der Waals surface area contributed by atoms with Gasteiger partial charge in [-0.2, -0.15) is 0 Å². The molecule has 3 aromatic carbocycles. The van der Waals surface area contributed by atoms with E-state index < -0.39 is 5.66 Å². The molecule has 1 unspecified atom stereocenters. The molecule has 4 nitrogen and oxygen atoms in total. The monoisotopic (exact) mass is 378 g/mol. The molecule has 0 amide bonds. The van der Waals surface area contributed by atoms with Gasteiger partial charge in [0.15, 0.2) is 8.46 Å². The smallest absolute Gasteiger partial charge is 0.200 e. The number of ether oxygens (including phenoxy) is 2. The molecule has 0 aliphatic rings. The lowest BCUT2D eigenvalue weighted by Crippen LogP contribution is -2.10. The van der Waals surface area contributed by atoms with Crippen LogP contribution < -0.4 is 9.47 Å². The number of methoxy groups -OCH3 is 2. The highest BCUT2D eigenvalue weighted by atomic mass is 31.1. The maximum Gasteiger partial charge on any atom is 0.200 e. The van der Waals surface area contributed by atoms with E-state index in [0.717, 1.165) is 5.56 Å². The van der Waals surface area contributed by atoms with Gasteiger partial charge in [-0.05, 0) is 23.3 Å². The van der Waals surface area contributed by atoms with Gasteiger partial charge in [0.05, 0.1) is 19.9 Å². The van der Waals surface area contributed by atoms with Gasteiger partial charge < -0.3 is 9.47 Å². The maximum absolute atomic E-state index is 13.4. The van der Waals surface area contributed by atoms with Crippen molar-refractivity contribution in [3.63, 3.8) is 0 Å². The summed E-state index contributed by atoms with van der Waals surface area (Å²) in [6.07, 6.45) is 0. The molecule has 0 radical (unpaired) electrons. The summed E-state index contributed by atoms with van der Waals surface area (Å²) in [5.74, 6) is 0.639. The zero-order chi connectivity index (χ0) is 19.2. The lowest BCUT2D eigenvalue weighted by molar-refractivity contribution is 0.103. The number of hydrogen-bond donors (Lipinski definition) is 0. The SMILES string of the molecule is COc1cccc(OC)c1C(=O)c1ccccc1C(P=O)c1ccccc1. The van der Waals surface area contributed by atoms with E-state index in [2.05, 4.69) is 0 Å². The Kier molecular flexibility index (Phi) is 6.00. The van der Waals surface area contributed by atoms with E-state index in [1.54, 1.807) is 30.3 Å². The Labute approximate surface area is 160 Å². The number of carbonyl (C=O) groups is 1. The largest absolute Gasteiger partial charge is 0.496 e. The molecule has 0 heterocycles. The topological polar surface area (TPSA) is 52.6 Å². The zero-order valence-electron chi connectivity index (χ0n) is 15.1. The van der Waals surface area contributed by atoms with Crippen molar-refractivity contribution in [1.29, 1.82) is 0 Å². The molecule has 0 N–H and O–H groups in total. The second-order valence-electron chi connectivity index (χ2n) is 5.87. The Balaban J connectivity index is 2.15. The van der Waals surface area contributed by atoms with E-state index >= 15 is 0 Å². The van der Waals surface area contributed by atoms with Crippen LogP contribution in [-0.2, 0) is 4.57 Å². The van der Waals surface area contributed by atoms with Crippen LogP contribution in [0.2, 0.25) is 0 Å². The fraction of sp³-hybridized carbons (Fsp3) is 0.136. The van der Waals surface area contributed by atoms with Crippen LogP contribution in [0.5, 0.6) is 11.5 Å². The molecule has 27 heavy (non-hydrogen) atoms. The Bertz CT molecular complexity index is 931. The summed E-state index contributed by atoms with van der Waals surface area (Å²) in [7, 11) is 2.95. The van der Waals surface area contributed by atoms with E-state index in [9.17, 15) is 9.36 Å². The van der Waals surface area contributed by atoms with Gasteiger partial charge in [-0.25, -0.2) is 0 Å². The predicted molar refractivity (Wildman–Crippen MR) is 105 cm³/mol. The summed E-state index contributed by atoms with van der Waals surface area (Å²) >= 11 is 0. The van der Waals surface area contributed by atoms with Crippen LogP contribution in [0.25, 0.3) is 0 Å². The molecule has 0 fully saturated rings. The first-order chi connectivity index (χ1) is 13.2. The van der Waals surface area contributed by atoms with E-state index in [0.29, 0.717) is 28.2 Å². The molecule has 3 aromatic rings. The van der Waals surface area contributed by atoms with Crippen molar-refractivity contribution in [2.24, 2.45) is 0 Å². The molecule has 0 bridgehead atoms. The van der Waals surface area contributed by atoms with Crippen LogP contribution >= 0.6 is 8.46 Å². The zero-order valence-corrected chi connectivity index (χ0v) is 16.0. The predicted octanol–water partition coefficient (Wildman–Crippen LogP) is 5.32. The van der Waals surface area contributed by atoms with Gasteiger partial charge in [-0.15, -0.1) is 0 Å². The second kappa shape index (κ2) is 8.61. The Morgan fingerprint density at radius 3 is 2.00 bits per heavy atom. The summed E-state index contributed by atoms with van der Waals surface area (Å²) in [5.41, 5.74) is 1.95. The Morgan fingerprint density at radius 2 is 1.41 bits per heavy atom. The fourth-order valence-electron chi connectivity index (χ4n) is 3.08. The van der Waals surface area contributed by atoms with Crippen molar-refractivity contribution in [3.8, 4) is 11.5 Å². The van der Waals surface area contributed by atoms with Gasteiger partial charge in [0, 0.05) is 5.56 Å². The molecular weight excluding hydrogens is 359 g/mol. The number of benzene rings is 3. The Morgan fingerprint density at radius 1 is 0.815 bits per heavy atom. The van der Waals surface area contributed by atoms with Crippen molar-refractivity contribution < 1.29 is 18.8 Å². The third-order valence-corrected chi connectivity index (χ3v) is 5.16. The summed E-state index contributed by atoms with van der Waals surface area (Å²) < 4.78 is 22.8. The van der Waals surface area contributed by atoms with E-state index in [-0.39, 0.29) is 14.2 Å². The quantitative estimate of drug-likeness (QED) is 0.413. The van der Waals surface area contributed by atoms with Crippen LogP contribution in [0.1, 0.15) is 32.7 Å². The third-order valence-electron chi connectivity index (χ3n) is 4.38. The molecule has 0 saturated carbocycles. The van der Waals surface area contributed by atoms with Gasteiger partial charge in [0.1, 0.15) is 17.1 Å². The number of ketones is 1. The lowest BCUT2D eigenvalue weighted by atomic mass is 9.93. The lowest BCUT2D eigenvalue weighted by Gasteiger charge is -2.17. The van der Waals surface area contributed by atoms with Crippen LogP contribution in [0.4, 0.5) is 0 Å². The molecular formula is C22H19O4P. The van der Waals surface area contributed by atoms with Gasteiger partial charge >= 0.3 is 0 Å². The first-order valence-corrected chi connectivity index (χ1v) is 9.31. The first kappa shape index (κ1) is 18.8. The average Bonchev–Trinajstić information content (AvgIpc) is 2.74. The van der Waals surface area contributed by atoms with Crippen molar-refractivity contribution in [2.75, 3.05) is 14.2 Å². The van der Waals surface area contributed by atoms with Gasteiger partial charge in [-0.3, -0.25) is 9.36 Å². The summed E-state index contributed by atoms with van der Waals surface area (Å²) in [5, 5.41) is 0. The maximum atomic E-state index is 13.4. The molecule has 0 aromatic heterocycles. The van der Waals surface area contributed by atoms with Crippen molar-refractivity contribution >= 4 is 14.2 Å². The number of carbonyl (C=O) groups excluding carboxylic acids is 1. The molecule has 0 aliphatic heterocycles. The Hall–Kier alpha value is -2.97. The highest BCUT2D eigenvalue weighted by Gasteiger charge is 2.25. The molecule has 0 aliphatic carbocycles. The summed E-state index contributed by atoms with van der Waals surface area (Å²) in [6.45, 7) is 0. The second-order valence-corrected chi connectivity index (χ2v) is 6.60. The number of hydrogen-bond acceptors (Lipinski definition) is 4. The van der Waals surface area contributed by atoms with Gasteiger partial charge in [0.2, 0.25) is 5.78 Å². The van der Waals surface area contributed by atoms with E-state index in [1.165, 1.54) is 14.2 Å². The third kappa shape index (κ3) is 3.76. The highest BCUT2D eigenvalue weighted by molar-refractivity contribution is 7.24. The van der Waals surface area contributed by atoms with Crippen molar-refractivity contribution in [1.82, 2.24) is 0 Å². The fourth-order valence-corrected chi connectivity index (χ4v) is 3.72. The van der Waals surface area contributed by atoms with E-state index in [4.69, 9.17) is 9.47 Å². The van der Waals surface area contributed by atoms with Crippen molar-refractivity contribution in [2.45, 2.75) is 5.66 Å². The minimum Gasteiger partial charge on any atom is -0.496 e. The average molecular weight is 378 g/mol. The molecule has 0 saturated heterocycles. The number of rotatable bonds is 7. The minimum atomic E-state index is -0.438. The first-order valence-electron chi connectivity index (χ1n) is 8.43. The van der Waals surface area contributed by atoms with Crippen LogP contribution in [0.3, 0.4) is 0 Å². The summed E-state index contributed by atoms with van der Waals surface area (Å²) in [4.78, 5) is 13.4. The van der Waals surface area contributed by atoms with Gasteiger partial charge in [-0.1, -0.05) is 60.7 Å². The summed E-state index contributed by atoms with van der Waals surface area (Å²) in [6, 6.07) is 21.9. The van der Waals surface area contributed by atoms with Crippen LogP contribution in [0.15, 0.2) is 72.8 Å². The van der Waals surface area contributed by atoms with Crippen molar-refractivity contribution in [3.05, 3.63) is 95.1 Å². The standard InChI is InChI=1S/C22H19O4P/c1-25-18-13-8-14-19(26-2)20(18)21(23)16-11-6-7-12-17(16)22(27-24)15-9-4-3-5-10-15/h3-14,22H,1-2H3. The van der Waals surface area contributed by atoms with E-state index in [1.807, 2.05) is 42.5 Å². The molecule has 3 rings (SSSR count). The molecule has 1 atom stereocenters. The minimum absolute atomic E-state index is 0.0805. The molecule has 0 spiro atoms. The normalized spacial score (nSPS) is 11.8. The highest BCUT2D eigenvalue weighted by Crippen LogP contribution is 2.38. The molecule has 5 heteroatoms. The molecule has 136 valence electrons. The van der Waals surface area contributed by atoms with Crippen LogP contribution in [0, 0.1) is 0 Å². The van der Waals surface area contributed by atoms with Crippen LogP contribution in [-0.4, -0.2) is 20.0 Å².